The van der Waals surface area contributed by atoms with Gasteiger partial charge in [0.2, 0.25) is 0 Å². The lowest BCUT2D eigenvalue weighted by Crippen LogP contribution is -2.27. The summed E-state index contributed by atoms with van der Waals surface area (Å²) in [5.41, 5.74) is 2.07. The summed E-state index contributed by atoms with van der Waals surface area (Å²) in [5, 5.41) is 8.88. The molecule has 5 heteroatoms. The number of nitrogens with zero attached hydrogens (tertiary/aromatic N) is 2. The van der Waals surface area contributed by atoms with Gasteiger partial charge in [0.15, 0.2) is 0 Å². The Bertz CT molecular complexity index is 548. The van der Waals surface area contributed by atoms with Crippen molar-refractivity contribution in [2.24, 2.45) is 0 Å². The number of furan rings is 1. The summed E-state index contributed by atoms with van der Waals surface area (Å²) < 4.78 is 7.35. The molecule has 0 aromatic carbocycles. The molecule has 116 valence electrons. The fraction of sp³-hybridized carbons (Fsp3) is 0.562. The van der Waals surface area contributed by atoms with Crippen LogP contribution in [0, 0.1) is 0 Å². The minimum absolute atomic E-state index is 0.399. The number of rotatable bonds is 8. The highest BCUT2D eigenvalue weighted by Crippen LogP contribution is 2.21. The first kappa shape index (κ1) is 16.1. The minimum Gasteiger partial charge on any atom is -0.469 e. The Balaban J connectivity index is 1.88. The zero-order valence-corrected chi connectivity index (χ0v) is 13.8. The molecule has 2 aromatic rings. The molecule has 0 bridgehead atoms. The van der Waals surface area contributed by atoms with Gasteiger partial charge in [0.25, 0.3) is 0 Å². The van der Waals surface area contributed by atoms with Gasteiger partial charge in [0.1, 0.15) is 5.76 Å². The van der Waals surface area contributed by atoms with Crippen LogP contribution in [0.15, 0.2) is 22.8 Å². The summed E-state index contributed by atoms with van der Waals surface area (Å²) in [6.45, 7) is 7.95. The second-order valence-corrected chi connectivity index (χ2v) is 5.65. The fourth-order valence-corrected chi connectivity index (χ4v) is 2.71. The van der Waals surface area contributed by atoms with E-state index in [9.17, 15) is 0 Å². The largest absolute Gasteiger partial charge is 0.469 e. The van der Waals surface area contributed by atoms with Crippen molar-refractivity contribution < 1.29 is 4.42 Å². The molecule has 1 unspecified atom stereocenters. The summed E-state index contributed by atoms with van der Waals surface area (Å²) in [6.07, 6.45) is 4.57. The quantitative estimate of drug-likeness (QED) is 0.806. The highest BCUT2D eigenvalue weighted by Gasteiger charge is 2.14. The van der Waals surface area contributed by atoms with Crippen molar-refractivity contribution in [1.82, 2.24) is 15.1 Å². The van der Waals surface area contributed by atoms with Crippen LogP contribution >= 0.6 is 11.6 Å². The monoisotopic (exact) mass is 309 g/mol. The average molecular weight is 310 g/mol. The maximum atomic E-state index is 6.41. The van der Waals surface area contributed by atoms with E-state index in [4.69, 9.17) is 16.0 Å². The lowest BCUT2D eigenvalue weighted by molar-refractivity contribution is 0.452. The van der Waals surface area contributed by atoms with Gasteiger partial charge in [-0.2, -0.15) is 5.10 Å². The number of halogens is 1. The molecule has 0 fully saturated rings. The van der Waals surface area contributed by atoms with E-state index in [0.717, 1.165) is 54.5 Å². The molecule has 0 saturated carbocycles. The van der Waals surface area contributed by atoms with Crippen LogP contribution in [0.1, 0.15) is 44.3 Å². The summed E-state index contributed by atoms with van der Waals surface area (Å²) >= 11 is 6.41. The first-order valence-electron chi connectivity index (χ1n) is 7.65. The summed E-state index contributed by atoms with van der Waals surface area (Å²) in [5.74, 6) is 1.04. The Hall–Kier alpha value is -1.26. The average Bonchev–Trinajstić information content (AvgIpc) is 3.10. The van der Waals surface area contributed by atoms with Gasteiger partial charge in [0, 0.05) is 25.6 Å². The van der Waals surface area contributed by atoms with Gasteiger partial charge in [-0.15, -0.1) is 0 Å². The molecule has 4 nitrogen and oxygen atoms in total. The highest BCUT2D eigenvalue weighted by molar-refractivity contribution is 6.31. The molecule has 0 radical (unpaired) electrons. The van der Waals surface area contributed by atoms with Gasteiger partial charge < -0.3 is 9.73 Å². The molecule has 0 amide bonds. The number of aryl methyl sites for hydroxylation is 3. The van der Waals surface area contributed by atoms with Crippen molar-refractivity contribution in [1.29, 1.82) is 0 Å². The number of hydrogen-bond acceptors (Lipinski definition) is 3. The third-order valence-corrected chi connectivity index (χ3v) is 4.15. The van der Waals surface area contributed by atoms with E-state index in [1.807, 2.05) is 16.8 Å². The van der Waals surface area contributed by atoms with Crippen LogP contribution in [0.5, 0.6) is 0 Å². The van der Waals surface area contributed by atoms with Crippen LogP contribution in [0.3, 0.4) is 0 Å². The maximum Gasteiger partial charge on any atom is 0.103 e. The predicted octanol–water partition coefficient (Wildman–Crippen LogP) is 3.82. The number of nitrogens with one attached hydrogen (secondary N) is 1. The van der Waals surface area contributed by atoms with E-state index in [-0.39, 0.29) is 0 Å². The predicted molar refractivity (Wildman–Crippen MR) is 85.6 cm³/mol. The molecule has 2 rings (SSSR count). The fourth-order valence-electron chi connectivity index (χ4n) is 2.37. The van der Waals surface area contributed by atoms with Gasteiger partial charge in [-0.25, -0.2) is 0 Å². The zero-order valence-electron chi connectivity index (χ0n) is 13.0. The molecule has 0 saturated heterocycles. The Morgan fingerprint density at radius 1 is 1.43 bits per heavy atom. The number of hydrogen-bond donors (Lipinski definition) is 1. The van der Waals surface area contributed by atoms with Crippen molar-refractivity contribution in [3.05, 3.63) is 40.6 Å². The highest BCUT2D eigenvalue weighted by atomic mass is 35.5. The first-order chi connectivity index (χ1) is 10.2. The van der Waals surface area contributed by atoms with Crippen molar-refractivity contribution >= 4 is 11.6 Å². The molecule has 21 heavy (non-hydrogen) atoms. The molecule has 0 spiro atoms. The third kappa shape index (κ3) is 4.11. The van der Waals surface area contributed by atoms with Crippen LogP contribution in [0.2, 0.25) is 5.02 Å². The molecule has 1 atom stereocenters. The Labute approximate surface area is 131 Å². The normalized spacial score (nSPS) is 12.8. The van der Waals surface area contributed by atoms with Crippen LogP contribution in [0.4, 0.5) is 0 Å². The van der Waals surface area contributed by atoms with Crippen LogP contribution in [-0.4, -0.2) is 15.8 Å². The smallest absolute Gasteiger partial charge is 0.103 e. The van der Waals surface area contributed by atoms with E-state index in [1.54, 1.807) is 6.26 Å². The molecule has 0 aliphatic carbocycles. The SMILES string of the molecule is CCc1nn(CC)c(CNC(C)CCc2ccco2)c1Cl. The Kier molecular flexibility index (Phi) is 5.88. The second-order valence-electron chi connectivity index (χ2n) is 5.28. The molecule has 0 aliphatic heterocycles. The van der Waals surface area contributed by atoms with Crippen molar-refractivity contribution in [2.75, 3.05) is 0 Å². The summed E-state index contributed by atoms with van der Waals surface area (Å²) in [4.78, 5) is 0. The minimum atomic E-state index is 0.399. The molecule has 1 N–H and O–H groups in total. The molecule has 2 heterocycles. The van der Waals surface area contributed by atoms with Gasteiger partial charge in [-0.05, 0) is 38.8 Å². The van der Waals surface area contributed by atoms with Crippen molar-refractivity contribution in [3.8, 4) is 0 Å². The summed E-state index contributed by atoms with van der Waals surface area (Å²) in [6, 6.07) is 4.35. The van der Waals surface area contributed by atoms with E-state index in [2.05, 4.69) is 31.2 Å². The Morgan fingerprint density at radius 3 is 2.86 bits per heavy atom. The van der Waals surface area contributed by atoms with Gasteiger partial charge in [0.05, 0.1) is 22.7 Å². The zero-order chi connectivity index (χ0) is 15.2. The molecule has 0 aliphatic rings. The summed E-state index contributed by atoms with van der Waals surface area (Å²) in [7, 11) is 0. The van der Waals surface area contributed by atoms with Crippen molar-refractivity contribution in [3.63, 3.8) is 0 Å². The standard InChI is InChI=1S/C16H24ClN3O/c1-4-14-16(17)15(20(5-2)19-14)11-18-12(3)8-9-13-7-6-10-21-13/h6-7,10,12,18H,4-5,8-9,11H2,1-3H3. The van der Waals surface area contributed by atoms with E-state index < -0.39 is 0 Å². The van der Waals surface area contributed by atoms with Gasteiger partial charge in [-0.3, -0.25) is 4.68 Å². The molecule has 2 aromatic heterocycles. The van der Waals surface area contributed by atoms with Crippen LogP contribution in [-0.2, 0) is 25.9 Å². The van der Waals surface area contributed by atoms with Gasteiger partial charge >= 0.3 is 0 Å². The Morgan fingerprint density at radius 2 is 2.24 bits per heavy atom. The van der Waals surface area contributed by atoms with E-state index in [1.165, 1.54) is 0 Å². The van der Waals surface area contributed by atoms with Crippen LogP contribution < -0.4 is 5.32 Å². The first-order valence-corrected chi connectivity index (χ1v) is 8.03. The lowest BCUT2D eigenvalue weighted by Gasteiger charge is -2.14. The van der Waals surface area contributed by atoms with E-state index >= 15 is 0 Å². The molecular weight excluding hydrogens is 286 g/mol. The van der Waals surface area contributed by atoms with Gasteiger partial charge in [-0.1, -0.05) is 18.5 Å². The number of aromatic nitrogens is 2. The van der Waals surface area contributed by atoms with E-state index in [0.29, 0.717) is 6.04 Å². The molecular formula is C16H24ClN3O. The lowest BCUT2D eigenvalue weighted by atomic mass is 10.1. The maximum absolute atomic E-state index is 6.41. The van der Waals surface area contributed by atoms with Crippen molar-refractivity contribution in [2.45, 2.75) is 59.2 Å². The topological polar surface area (TPSA) is 43.0 Å². The third-order valence-electron chi connectivity index (χ3n) is 3.72. The second kappa shape index (κ2) is 7.66. The van der Waals surface area contributed by atoms with Crippen LogP contribution in [0.25, 0.3) is 0 Å².